The van der Waals surface area contributed by atoms with Crippen LogP contribution in [0.1, 0.15) is 25.0 Å². The highest BCUT2D eigenvalue weighted by molar-refractivity contribution is 5.24. The largest absolute Gasteiger partial charge is 0.392 e. The van der Waals surface area contributed by atoms with Crippen LogP contribution >= 0.6 is 0 Å². The minimum atomic E-state index is -0.324. The van der Waals surface area contributed by atoms with E-state index in [-0.39, 0.29) is 12.4 Å². The average molecular weight is 182 g/mol. The Morgan fingerprint density at radius 1 is 1.38 bits per heavy atom. The van der Waals surface area contributed by atoms with Crippen molar-refractivity contribution >= 4 is 0 Å². The van der Waals surface area contributed by atoms with Crippen LogP contribution in [0.4, 0.5) is 4.39 Å². The molecule has 0 radical (unpaired) electrons. The van der Waals surface area contributed by atoms with Gasteiger partial charge in [0.25, 0.3) is 0 Å². The van der Waals surface area contributed by atoms with Crippen LogP contribution in [-0.4, -0.2) is 5.11 Å². The van der Waals surface area contributed by atoms with E-state index in [2.05, 4.69) is 13.8 Å². The molecule has 13 heavy (non-hydrogen) atoms. The van der Waals surface area contributed by atoms with Crippen LogP contribution in [0.25, 0.3) is 0 Å². The Morgan fingerprint density at radius 2 is 2.08 bits per heavy atom. The summed E-state index contributed by atoms with van der Waals surface area (Å²) < 4.78 is 12.9. The van der Waals surface area contributed by atoms with Crippen molar-refractivity contribution in [3.63, 3.8) is 0 Å². The van der Waals surface area contributed by atoms with Crippen molar-refractivity contribution in [2.45, 2.75) is 26.9 Å². The Morgan fingerprint density at radius 3 is 2.62 bits per heavy atom. The van der Waals surface area contributed by atoms with Crippen LogP contribution in [0.5, 0.6) is 0 Å². The molecule has 0 aliphatic heterocycles. The third-order valence-corrected chi connectivity index (χ3v) is 1.92. The summed E-state index contributed by atoms with van der Waals surface area (Å²) in [7, 11) is 0. The van der Waals surface area contributed by atoms with Crippen molar-refractivity contribution in [3.05, 3.63) is 35.1 Å². The molecule has 0 fully saturated rings. The van der Waals surface area contributed by atoms with E-state index in [4.69, 9.17) is 5.11 Å². The van der Waals surface area contributed by atoms with Gasteiger partial charge in [-0.15, -0.1) is 0 Å². The van der Waals surface area contributed by atoms with Crippen LogP contribution in [0.15, 0.2) is 18.2 Å². The summed E-state index contributed by atoms with van der Waals surface area (Å²) in [6, 6.07) is 4.92. The predicted octanol–water partition coefficient (Wildman–Crippen LogP) is 2.52. The van der Waals surface area contributed by atoms with Gasteiger partial charge in [-0.05, 0) is 24.0 Å². The highest BCUT2D eigenvalue weighted by Gasteiger charge is 2.03. The summed E-state index contributed by atoms with van der Waals surface area (Å²) >= 11 is 0. The Bertz CT molecular complexity index is 281. The normalized spacial score (nSPS) is 10.8. The van der Waals surface area contributed by atoms with E-state index in [0.29, 0.717) is 11.5 Å². The molecule has 0 saturated heterocycles. The first-order valence-electron chi connectivity index (χ1n) is 4.51. The Balaban J connectivity index is 2.86. The fourth-order valence-corrected chi connectivity index (χ4v) is 1.35. The molecule has 2 heteroatoms. The molecule has 0 spiro atoms. The molecule has 0 aromatic heterocycles. The Kier molecular flexibility index (Phi) is 3.43. The van der Waals surface area contributed by atoms with E-state index < -0.39 is 0 Å². The second-order valence-corrected chi connectivity index (χ2v) is 3.68. The summed E-state index contributed by atoms with van der Waals surface area (Å²) in [5.41, 5.74) is 1.47. The van der Waals surface area contributed by atoms with Gasteiger partial charge in [-0.2, -0.15) is 0 Å². The van der Waals surface area contributed by atoms with Gasteiger partial charge in [-0.1, -0.05) is 26.0 Å². The molecular weight excluding hydrogens is 167 g/mol. The molecule has 0 aliphatic rings. The molecule has 72 valence electrons. The third kappa shape index (κ3) is 2.81. The van der Waals surface area contributed by atoms with E-state index in [9.17, 15) is 4.39 Å². The van der Waals surface area contributed by atoms with Gasteiger partial charge in [-0.3, -0.25) is 0 Å². The lowest BCUT2D eigenvalue weighted by molar-refractivity contribution is 0.275. The number of hydrogen-bond donors (Lipinski definition) is 1. The van der Waals surface area contributed by atoms with Crippen molar-refractivity contribution in [1.82, 2.24) is 0 Å². The van der Waals surface area contributed by atoms with Gasteiger partial charge in [0.05, 0.1) is 6.61 Å². The lowest BCUT2D eigenvalue weighted by atomic mass is 10.0. The van der Waals surface area contributed by atoms with E-state index in [1.54, 1.807) is 12.1 Å². The number of hydrogen-bond acceptors (Lipinski definition) is 1. The minimum Gasteiger partial charge on any atom is -0.392 e. The second-order valence-electron chi connectivity index (χ2n) is 3.68. The number of rotatable bonds is 3. The van der Waals surface area contributed by atoms with Crippen molar-refractivity contribution in [2.24, 2.45) is 5.92 Å². The third-order valence-electron chi connectivity index (χ3n) is 1.92. The van der Waals surface area contributed by atoms with Crippen molar-refractivity contribution in [3.8, 4) is 0 Å². The van der Waals surface area contributed by atoms with Crippen LogP contribution in [0, 0.1) is 11.7 Å². The predicted molar refractivity (Wildman–Crippen MR) is 50.9 cm³/mol. The zero-order valence-electron chi connectivity index (χ0n) is 8.05. The number of halogens is 1. The Labute approximate surface area is 78.2 Å². The summed E-state index contributed by atoms with van der Waals surface area (Å²) in [5.74, 6) is 0.229. The topological polar surface area (TPSA) is 20.2 Å². The van der Waals surface area contributed by atoms with Gasteiger partial charge < -0.3 is 5.11 Å². The van der Waals surface area contributed by atoms with Crippen LogP contribution in [-0.2, 0) is 13.0 Å². The fourth-order valence-electron chi connectivity index (χ4n) is 1.35. The van der Waals surface area contributed by atoms with Crippen molar-refractivity contribution in [2.75, 3.05) is 0 Å². The Hall–Kier alpha value is -0.890. The SMILES string of the molecule is CC(C)Cc1ccc(F)c(CO)c1. The number of benzene rings is 1. The van der Waals surface area contributed by atoms with E-state index in [1.807, 2.05) is 0 Å². The standard InChI is InChI=1S/C11H15FO/c1-8(2)5-9-3-4-11(12)10(6-9)7-13/h3-4,6,8,13H,5,7H2,1-2H3. The van der Waals surface area contributed by atoms with E-state index >= 15 is 0 Å². The highest BCUT2D eigenvalue weighted by atomic mass is 19.1. The highest BCUT2D eigenvalue weighted by Crippen LogP contribution is 2.13. The summed E-state index contributed by atoms with van der Waals surface area (Å²) in [4.78, 5) is 0. The molecule has 0 bridgehead atoms. The molecule has 1 nitrogen and oxygen atoms in total. The number of aliphatic hydroxyl groups excluding tert-OH is 1. The monoisotopic (exact) mass is 182 g/mol. The summed E-state index contributed by atoms with van der Waals surface area (Å²) in [6.45, 7) is 4.00. The van der Waals surface area contributed by atoms with Gasteiger partial charge in [-0.25, -0.2) is 4.39 Å². The van der Waals surface area contributed by atoms with Gasteiger partial charge in [0.15, 0.2) is 0 Å². The molecule has 0 heterocycles. The van der Waals surface area contributed by atoms with E-state index in [1.165, 1.54) is 6.07 Å². The zero-order valence-corrected chi connectivity index (χ0v) is 8.05. The molecule has 1 rings (SSSR count). The number of aliphatic hydroxyl groups is 1. The minimum absolute atomic E-state index is 0.224. The smallest absolute Gasteiger partial charge is 0.128 e. The maximum Gasteiger partial charge on any atom is 0.128 e. The summed E-state index contributed by atoms with van der Waals surface area (Å²) in [5, 5.41) is 8.84. The van der Waals surface area contributed by atoms with E-state index in [0.717, 1.165) is 12.0 Å². The first-order chi connectivity index (χ1) is 6.13. The quantitative estimate of drug-likeness (QED) is 0.761. The van der Waals surface area contributed by atoms with Crippen molar-refractivity contribution < 1.29 is 9.50 Å². The fraction of sp³-hybridized carbons (Fsp3) is 0.455. The molecule has 0 aliphatic carbocycles. The van der Waals surface area contributed by atoms with Gasteiger partial charge in [0.2, 0.25) is 0 Å². The lowest BCUT2D eigenvalue weighted by Gasteiger charge is -2.06. The maximum absolute atomic E-state index is 12.9. The van der Waals surface area contributed by atoms with Crippen molar-refractivity contribution in [1.29, 1.82) is 0 Å². The second kappa shape index (κ2) is 4.38. The molecule has 0 amide bonds. The molecule has 0 saturated carbocycles. The van der Waals surface area contributed by atoms with Gasteiger partial charge >= 0.3 is 0 Å². The van der Waals surface area contributed by atoms with Crippen LogP contribution in [0.3, 0.4) is 0 Å². The molecule has 0 unspecified atom stereocenters. The van der Waals surface area contributed by atoms with Gasteiger partial charge in [0.1, 0.15) is 5.82 Å². The van der Waals surface area contributed by atoms with Gasteiger partial charge in [0, 0.05) is 5.56 Å². The average Bonchev–Trinajstić information content (AvgIpc) is 2.07. The zero-order chi connectivity index (χ0) is 9.84. The molecule has 1 N–H and O–H groups in total. The first-order valence-corrected chi connectivity index (χ1v) is 4.51. The summed E-state index contributed by atoms with van der Waals surface area (Å²) in [6.07, 6.45) is 0.924. The molecule has 1 aromatic carbocycles. The molecule has 0 atom stereocenters. The van der Waals surface area contributed by atoms with Crippen LogP contribution in [0.2, 0.25) is 0 Å². The maximum atomic E-state index is 12.9. The lowest BCUT2D eigenvalue weighted by Crippen LogP contribution is -1.97. The van der Waals surface area contributed by atoms with Crippen LogP contribution < -0.4 is 0 Å². The molecular formula is C11H15FO. The first kappa shape index (κ1) is 10.2. The molecule has 1 aromatic rings.